The van der Waals surface area contributed by atoms with Crippen LogP contribution in [0.15, 0.2) is 91.0 Å². The molecule has 6 atom stereocenters. The van der Waals surface area contributed by atoms with E-state index in [2.05, 4.69) is 75.3 Å². The number of carboxylic acids is 1. The molecule has 92 heavy (non-hydrogen) atoms. The van der Waals surface area contributed by atoms with E-state index in [1.165, 1.54) is 5.56 Å². The number of carboxylic acid groups (broad SMARTS) is 1. The molecule has 5 rings (SSSR count). The fourth-order valence-electron chi connectivity index (χ4n) is 9.99. The van der Waals surface area contributed by atoms with Gasteiger partial charge in [0.1, 0.15) is 29.3 Å². The number of nitrogens with one attached hydrogen (secondary N) is 7. The summed E-state index contributed by atoms with van der Waals surface area (Å²) in [5, 5.41) is 29.1. The molecule has 0 aromatic heterocycles. The molecule has 10 N–H and O–H groups in total. The number of unbranched alkanes of at least 4 members (excludes halogenated alkanes) is 3. The molecule has 4 aromatic rings. The highest BCUT2D eigenvalue weighted by Gasteiger charge is 2.32. The lowest BCUT2D eigenvalue weighted by atomic mass is 9.89. The standard InChI is InChI=1S/C69H96N8O15/c1-10-12-19-44-24-26-45(27-25-44)46-28-33-50(34-29-46)60(79)73-55(64(83)84)23-18-22-53(76-67(87)92-69(6,7)8)52-41-51(37-32-48(52)20-13-11-2)47-30-35-49(36-31-47)59(78)72-54(21-14-15-38-71-66(86)91-68(3,4)5)61(80)74-56-42-89-39-16-17-40-90-43-57(65(85)88-9)75-63(82)58(70)77-62(56)81/h24-37,41,53-58H,10-23,38-40,42-43,70H2,1-9H3,(H,71,86)(H,72,78)(H,73,79)(H,74,80)(H,75,82)(H,76,87)(H,77,81)(H,83,84)/t53?,54-,55-,56-,57-,58+/m0/s1. The Bertz CT molecular complexity index is 3070. The van der Waals surface area contributed by atoms with Crippen LogP contribution in [0, 0.1) is 0 Å². The molecule has 23 heteroatoms. The van der Waals surface area contributed by atoms with Crippen LogP contribution in [-0.4, -0.2) is 140 Å². The Morgan fingerprint density at radius 1 is 0.620 bits per heavy atom. The Morgan fingerprint density at radius 2 is 1.15 bits per heavy atom. The quantitative estimate of drug-likeness (QED) is 0.0153. The van der Waals surface area contributed by atoms with Crippen molar-refractivity contribution in [3.63, 3.8) is 0 Å². The average molecular weight is 1280 g/mol. The van der Waals surface area contributed by atoms with Crippen LogP contribution in [0.2, 0.25) is 0 Å². The van der Waals surface area contributed by atoms with Crippen molar-refractivity contribution in [3.8, 4) is 22.3 Å². The zero-order chi connectivity index (χ0) is 67.4. The zero-order valence-corrected chi connectivity index (χ0v) is 54.8. The van der Waals surface area contributed by atoms with Gasteiger partial charge in [0.15, 0.2) is 12.2 Å². The van der Waals surface area contributed by atoms with Crippen molar-refractivity contribution in [2.24, 2.45) is 5.73 Å². The van der Waals surface area contributed by atoms with Crippen LogP contribution in [0.1, 0.15) is 176 Å². The van der Waals surface area contributed by atoms with E-state index in [1.54, 1.807) is 77.9 Å². The Labute approximate surface area is 540 Å². The van der Waals surface area contributed by atoms with E-state index in [-0.39, 0.29) is 64.2 Å². The number of aryl methyl sites for hydroxylation is 2. The molecule has 502 valence electrons. The van der Waals surface area contributed by atoms with Crippen LogP contribution in [0.25, 0.3) is 22.3 Å². The van der Waals surface area contributed by atoms with Gasteiger partial charge in [-0.05, 0) is 188 Å². The van der Waals surface area contributed by atoms with E-state index in [1.807, 2.05) is 30.3 Å². The van der Waals surface area contributed by atoms with Crippen LogP contribution in [0.5, 0.6) is 0 Å². The van der Waals surface area contributed by atoms with Gasteiger partial charge in [0.25, 0.3) is 17.7 Å². The third-order valence-electron chi connectivity index (χ3n) is 15.0. The number of carbonyl (C=O) groups is 9. The molecule has 1 unspecified atom stereocenters. The van der Waals surface area contributed by atoms with Gasteiger partial charge in [-0.15, -0.1) is 0 Å². The molecule has 1 heterocycles. The van der Waals surface area contributed by atoms with Crippen LogP contribution >= 0.6 is 0 Å². The Balaban J connectivity index is 1.36. The van der Waals surface area contributed by atoms with Crippen molar-refractivity contribution < 1.29 is 71.9 Å². The van der Waals surface area contributed by atoms with E-state index < -0.39 is 101 Å². The zero-order valence-electron chi connectivity index (χ0n) is 54.8. The van der Waals surface area contributed by atoms with Crippen LogP contribution in [0.4, 0.5) is 9.59 Å². The highest BCUT2D eigenvalue weighted by atomic mass is 16.6. The maximum absolute atomic E-state index is 14.3. The summed E-state index contributed by atoms with van der Waals surface area (Å²) in [6.45, 7) is 14.7. The lowest BCUT2D eigenvalue weighted by molar-refractivity contribution is -0.147. The predicted molar refractivity (Wildman–Crippen MR) is 348 cm³/mol. The van der Waals surface area contributed by atoms with E-state index in [4.69, 9.17) is 29.4 Å². The summed E-state index contributed by atoms with van der Waals surface area (Å²) in [5.74, 6) is -5.73. The highest BCUT2D eigenvalue weighted by Crippen LogP contribution is 2.32. The number of amides is 7. The van der Waals surface area contributed by atoms with Gasteiger partial charge in [0.05, 0.1) is 26.4 Å². The van der Waals surface area contributed by atoms with Crippen molar-refractivity contribution >= 4 is 53.7 Å². The van der Waals surface area contributed by atoms with Gasteiger partial charge in [-0.3, -0.25) is 24.0 Å². The molecule has 0 bridgehead atoms. The summed E-state index contributed by atoms with van der Waals surface area (Å²) in [4.78, 5) is 120. The van der Waals surface area contributed by atoms with Gasteiger partial charge in [-0.25, -0.2) is 19.2 Å². The lowest BCUT2D eigenvalue weighted by Gasteiger charge is -2.26. The van der Waals surface area contributed by atoms with Crippen molar-refractivity contribution in [1.29, 1.82) is 0 Å². The number of nitrogens with two attached hydrogens (primary N) is 1. The number of hydrogen-bond donors (Lipinski definition) is 9. The molecule has 23 nitrogen and oxygen atoms in total. The summed E-state index contributed by atoms with van der Waals surface area (Å²) >= 11 is 0. The minimum atomic E-state index is -1.68. The number of aliphatic carboxylic acids is 1. The van der Waals surface area contributed by atoms with Gasteiger partial charge >= 0.3 is 24.1 Å². The topological polar surface area (TPSA) is 330 Å². The fourth-order valence-corrected chi connectivity index (χ4v) is 9.99. The number of carbonyl (C=O) groups excluding carboxylic acids is 8. The number of alkyl carbamates (subject to hydrolysis) is 2. The number of esters is 1. The van der Waals surface area contributed by atoms with E-state index in [0.717, 1.165) is 67.0 Å². The Kier molecular flexibility index (Phi) is 30.0. The van der Waals surface area contributed by atoms with E-state index in [9.17, 15) is 48.3 Å². The van der Waals surface area contributed by atoms with Crippen molar-refractivity contribution in [2.45, 2.75) is 193 Å². The molecule has 7 amide bonds. The first-order valence-electron chi connectivity index (χ1n) is 31.9. The number of methoxy groups -OCH3 is 1. The largest absolute Gasteiger partial charge is 0.480 e. The molecule has 1 aliphatic rings. The number of ether oxygens (including phenoxy) is 5. The lowest BCUT2D eigenvalue weighted by Crippen LogP contribution is -2.61. The smallest absolute Gasteiger partial charge is 0.408 e. The number of hydrogen-bond acceptors (Lipinski definition) is 15. The van der Waals surface area contributed by atoms with Crippen molar-refractivity contribution in [1.82, 2.24) is 37.2 Å². The summed E-state index contributed by atoms with van der Waals surface area (Å²) in [6.07, 6.45) is 4.98. The van der Waals surface area contributed by atoms with Crippen molar-refractivity contribution in [3.05, 3.63) is 119 Å². The molecular formula is C69H96N8O15. The molecule has 1 aliphatic heterocycles. The fraction of sp³-hybridized carbons (Fsp3) is 0.522. The van der Waals surface area contributed by atoms with Gasteiger partial charge in [-0.2, -0.15) is 0 Å². The molecule has 1 saturated heterocycles. The molecule has 0 spiro atoms. The predicted octanol–water partition coefficient (Wildman–Crippen LogP) is 8.49. The first-order chi connectivity index (χ1) is 43.8. The maximum Gasteiger partial charge on any atom is 0.408 e. The monoisotopic (exact) mass is 1280 g/mol. The minimum Gasteiger partial charge on any atom is -0.480 e. The maximum atomic E-state index is 14.3. The second kappa shape index (κ2) is 37.2. The Morgan fingerprint density at radius 3 is 1.73 bits per heavy atom. The van der Waals surface area contributed by atoms with E-state index >= 15 is 0 Å². The molecule has 4 aromatic carbocycles. The van der Waals surface area contributed by atoms with Gasteiger partial charge in [0, 0.05) is 30.9 Å². The normalized spacial score (nSPS) is 16.9. The highest BCUT2D eigenvalue weighted by molar-refractivity contribution is 5.99. The second-order valence-electron chi connectivity index (χ2n) is 24.9. The summed E-state index contributed by atoms with van der Waals surface area (Å²) in [5.41, 5.74) is 11.4. The minimum absolute atomic E-state index is 0.0498. The number of benzene rings is 4. The van der Waals surface area contributed by atoms with Crippen LogP contribution in [-0.2, 0) is 60.5 Å². The first kappa shape index (κ1) is 74.3. The summed E-state index contributed by atoms with van der Waals surface area (Å²) < 4.78 is 27.2. The molecule has 1 fully saturated rings. The van der Waals surface area contributed by atoms with Gasteiger partial charge in [-0.1, -0.05) is 87.4 Å². The molecule has 0 saturated carbocycles. The van der Waals surface area contributed by atoms with E-state index in [0.29, 0.717) is 43.2 Å². The third kappa shape index (κ3) is 25.7. The summed E-state index contributed by atoms with van der Waals surface area (Å²) in [6, 6.07) is 22.2. The summed E-state index contributed by atoms with van der Waals surface area (Å²) in [7, 11) is 1.15. The second-order valence-corrected chi connectivity index (χ2v) is 24.9. The van der Waals surface area contributed by atoms with Crippen LogP contribution < -0.4 is 43.0 Å². The van der Waals surface area contributed by atoms with Crippen molar-refractivity contribution in [2.75, 3.05) is 40.1 Å². The third-order valence-corrected chi connectivity index (χ3v) is 15.0. The SMILES string of the molecule is CCCCc1ccc(-c2ccc(C(=O)N[C@@H](CCCC(NC(=O)OC(C)(C)C)c3cc(-c4ccc(C(=O)N[C@@H](CCCCNC(=O)OC(C)(C)C)C(=O)N[C@H]5COCCCCOC[C@@H](C(=O)OC)NC(=O)[C@H](N)NC5=O)cc4)ccc3CCCC)C(=O)O)cc2)cc1. The number of rotatable bonds is 27. The van der Waals surface area contributed by atoms with Crippen LogP contribution in [0.3, 0.4) is 0 Å². The first-order valence-corrected chi connectivity index (χ1v) is 31.9. The molecular weight excluding hydrogens is 1180 g/mol. The molecule has 0 radical (unpaired) electrons. The average Bonchev–Trinajstić information content (AvgIpc) is 0.915. The van der Waals surface area contributed by atoms with Gasteiger partial charge in [0.2, 0.25) is 11.8 Å². The van der Waals surface area contributed by atoms with Gasteiger partial charge < -0.3 is 71.7 Å². The Hall–Kier alpha value is -8.41. The molecule has 0 aliphatic carbocycles.